The van der Waals surface area contributed by atoms with E-state index in [9.17, 15) is 4.79 Å². The highest BCUT2D eigenvalue weighted by molar-refractivity contribution is 7.17. The number of carbonyl (C=O) groups excluding carboxylic acids is 1. The van der Waals surface area contributed by atoms with Crippen molar-refractivity contribution in [3.8, 4) is 0 Å². The van der Waals surface area contributed by atoms with Crippen molar-refractivity contribution in [2.75, 3.05) is 36.0 Å². The molecule has 0 spiro atoms. The Morgan fingerprint density at radius 2 is 1.82 bits per heavy atom. The zero-order valence-electron chi connectivity index (χ0n) is 15.2. The van der Waals surface area contributed by atoms with Crippen molar-refractivity contribution in [2.24, 2.45) is 5.10 Å². The first-order valence-electron chi connectivity index (χ1n) is 9.04. The molecule has 28 heavy (non-hydrogen) atoms. The Morgan fingerprint density at radius 3 is 2.57 bits per heavy atom. The molecule has 1 saturated heterocycles. The molecule has 7 nitrogen and oxygen atoms in total. The molecule has 1 amide bonds. The first-order valence-corrected chi connectivity index (χ1v) is 9.85. The Balaban J connectivity index is 1.30. The number of aromatic nitrogens is 2. The molecule has 4 rings (SSSR count). The minimum absolute atomic E-state index is 0.286. The SMILES string of the molecule is O=C(N/N=C/c1cnc(N2CCN(c3ccccc3)CC2)s1)c1cccnc1. The number of para-hydroxylation sites is 1. The fourth-order valence-electron chi connectivity index (χ4n) is 2.99. The van der Waals surface area contributed by atoms with Crippen molar-refractivity contribution in [2.45, 2.75) is 0 Å². The van der Waals surface area contributed by atoms with Crippen LogP contribution in [0, 0.1) is 0 Å². The van der Waals surface area contributed by atoms with E-state index in [-0.39, 0.29) is 5.91 Å². The van der Waals surface area contributed by atoms with Crippen LogP contribution in [0.15, 0.2) is 66.2 Å². The number of rotatable bonds is 5. The van der Waals surface area contributed by atoms with Gasteiger partial charge in [0.1, 0.15) is 0 Å². The molecule has 1 aliphatic rings. The second kappa shape index (κ2) is 8.62. The average Bonchev–Trinajstić information content (AvgIpc) is 3.24. The van der Waals surface area contributed by atoms with E-state index >= 15 is 0 Å². The molecule has 1 aromatic carbocycles. The van der Waals surface area contributed by atoms with E-state index in [2.05, 4.69) is 54.6 Å². The molecule has 0 aliphatic carbocycles. The van der Waals surface area contributed by atoms with Crippen molar-refractivity contribution in [1.82, 2.24) is 15.4 Å². The third-order valence-corrected chi connectivity index (χ3v) is 5.46. The number of hydrogen-bond acceptors (Lipinski definition) is 7. The number of thiazole rings is 1. The first-order chi connectivity index (χ1) is 13.8. The van der Waals surface area contributed by atoms with Gasteiger partial charge < -0.3 is 9.80 Å². The predicted molar refractivity (Wildman–Crippen MR) is 112 cm³/mol. The average molecular weight is 392 g/mol. The second-order valence-corrected chi connectivity index (χ2v) is 7.34. The normalized spacial score (nSPS) is 14.4. The van der Waals surface area contributed by atoms with Crippen molar-refractivity contribution < 1.29 is 4.79 Å². The van der Waals surface area contributed by atoms with Gasteiger partial charge in [-0.05, 0) is 24.3 Å². The van der Waals surface area contributed by atoms with Crippen LogP contribution in [0.25, 0.3) is 0 Å². The summed E-state index contributed by atoms with van der Waals surface area (Å²) >= 11 is 1.57. The quantitative estimate of drug-likeness (QED) is 0.534. The van der Waals surface area contributed by atoms with Gasteiger partial charge in [0.15, 0.2) is 5.13 Å². The number of hydrogen-bond donors (Lipinski definition) is 1. The maximum atomic E-state index is 11.9. The van der Waals surface area contributed by atoms with Gasteiger partial charge in [-0.15, -0.1) is 0 Å². The molecule has 0 radical (unpaired) electrons. The molecule has 3 heterocycles. The van der Waals surface area contributed by atoms with Crippen LogP contribution < -0.4 is 15.2 Å². The van der Waals surface area contributed by atoms with Crippen molar-refractivity contribution in [1.29, 1.82) is 0 Å². The number of nitrogens with one attached hydrogen (secondary N) is 1. The Labute approximate surface area is 167 Å². The molecule has 1 aliphatic heterocycles. The summed E-state index contributed by atoms with van der Waals surface area (Å²) in [5.41, 5.74) is 4.24. The molecule has 0 atom stereocenters. The van der Waals surface area contributed by atoms with E-state index in [1.165, 1.54) is 11.9 Å². The van der Waals surface area contributed by atoms with E-state index < -0.39 is 0 Å². The Kier molecular flexibility index (Phi) is 5.58. The molecular weight excluding hydrogens is 372 g/mol. The highest BCUT2D eigenvalue weighted by Crippen LogP contribution is 2.24. The van der Waals surface area contributed by atoms with E-state index in [0.29, 0.717) is 5.56 Å². The largest absolute Gasteiger partial charge is 0.368 e. The monoisotopic (exact) mass is 392 g/mol. The summed E-state index contributed by atoms with van der Waals surface area (Å²) in [6.45, 7) is 3.79. The molecule has 0 bridgehead atoms. The molecular formula is C20H20N6OS. The molecule has 8 heteroatoms. The molecule has 3 aromatic rings. The van der Waals surface area contributed by atoms with Gasteiger partial charge >= 0.3 is 0 Å². The zero-order chi connectivity index (χ0) is 19.2. The van der Waals surface area contributed by atoms with Gasteiger partial charge in [0.2, 0.25) is 0 Å². The van der Waals surface area contributed by atoms with Gasteiger partial charge in [0.25, 0.3) is 5.91 Å². The summed E-state index contributed by atoms with van der Waals surface area (Å²) in [6.07, 6.45) is 6.53. The van der Waals surface area contributed by atoms with Gasteiger partial charge in [-0.1, -0.05) is 29.5 Å². The van der Waals surface area contributed by atoms with E-state index in [4.69, 9.17) is 0 Å². The lowest BCUT2D eigenvalue weighted by molar-refractivity contribution is 0.0955. The maximum absolute atomic E-state index is 11.9. The Hall–Kier alpha value is -3.26. The van der Waals surface area contributed by atoms with Crippen LogP contribution in [0.4, 0.5) is 10.8 Å². The predicted octanol–water partition coefficient (Wildman–Crippen LogP) is 2.63. The zero-order valence-corrected chi connectivity index (χ0v) is 16.0. The first kappa shape index (κ1) is 18.1. The number of benzene rings is 1. The Morgan fingerprint density at radius 1 is 1.04 bits per heavy atom. The van der Waals surface area contributed by atoms with E-state index in [1.807, 2.05) is 6.07 Å². The van der Waals surface area contributed by atoms with E-state index in [0.717, 1.165) is 36.2 Å². The van der Waals surface area contributed by atoms with Crippen LogP contribution in [0.3, 0.4) is 0 Å². The van der Waals surface area contributed by atoms with E-state index in [1.54, 1.807) is 42.1 Å². The smallest absolute Gasteiger partial charge is 0.272 e. The van der Waals surface area contributed by atoms with Crippen molar-refractivity contribution >= 4 is 34.3 Å². The van der Waals surface area contributed by atoms with Crippen LogP contribution in [0.2, 0.25) is 0 Å². The molecule has 0 saturated carbocycles. The van der Waals surface area contributed by atoms with Gasteiger partial charge in [0.05, 0.1) is 16.7 Å². The molecule has 0 unspecified atom stereocenters. The van der Waals surface area contributed by atoms with Crippen LogP contribution in [0.5, 0.6) is 0 Å². The minimum atomic E-state index is -0.286. The summed E-state index contributed by atoms with van der Waals surface area (Å²) in [7, 11) is 0. The lowest BCUT2D eigenvalue weighted by Gasteiger charge is -2.35. The number of hydrazone groups is 1. The maximum Gasteiger partial charge on any atom is 0.272 e. The minimum Gasteiger partial charge on any atom is -0.368 e. The number of anilines is 2. The highest BCUT2D eigenvalue weighted by atomic mass is 32.1. The lowest BCUT2D eigenvalue weighted by Crippen LogP contribution is -2.46. The van der Waals surface area contributed by atoms with Crippen molar-refractivity contribution in [3.63, 3.8) is 0 Å². The molecule has 1 fully saturated rings. The van der Waals surface area contributed by atoms with Crippen molar-refractivity contribution in [3.05, 3.63) is 71.5 Å². The number of amides is 1. The van der Waals surface area contributed by atoms with Gasteiger partial charge in [-0.25, -0.2) is 10.4 Å². The third kappa shape index (κ3) is 4.34. The third-order valence-electron chi connectivity index (χ3n) is 4.46. The molecule has 1 N–H and O–H groups in total. The fraction of sp³-hybridized carbons (Fsp3) is 0.200. The summed E-state index contributed by atoms with van der Waals surface area (Å²) in [6, 6.07) is 13.9. The number of nitrogens with zero attached hydrogens (tertiary/aromatic N) is 5. The summed E-state index contributed by atoms with van der Waals surface area (Å²) in [5, 5.41) is 5.00. The summed E-state index contributed by atoms with van der Waals surface area (Å²) in [5.74, 6) is -0.286. The number of pyridine rings is 1. The molecule has 142 valence electrons. The van der Waals surface area contributed by atoms with Gasteiger partial charge in [0, 0.05) is 50.5 Å². The van der Waals surface area contributed by atoms with Crippen LogP contribution >= 0.6 is 11.3 Å². The highest BCUT2D eigenvalue weighted by Gasteiger charge is 2.19. The fourth-order valence-corrected chi connectivity index (χ4v) is 3.83. The van der Waals surface area contributed by atoms with Crippen LogP contribution in [-0.4, -0.2) is 48.3 Å². The van der Waals surface area contributed by atoms with Crippen LogP contribution in [0.1, 0.15) is 15.2 Å². The lowest BCUT2D eigenvalue weighted by atomic mass is 10.2. The number of piperazine rings is 1. The second-order valence-electron chi connectivity index (χ2n) is 6.30. The van der Waals surface area contributed by atoms with Gasteiger partial charge in [-0.2, -0.15) is 5.10 Å². The molecule has 2 aromatic heterocycles. The van der Waals surface area contributed by atoms with Crippen LogP contribution in [-0.2, 0) is 0 Å². The standard InChI is InChI=1S/C20H20N6OS/c27-19(16-5-4-8-21-13-16)24-23-15-18-14-22-20(28-18)26-11-9-25(10-12-26)17-6-2-1-3-7-17/h1-8,13-15H,9-12H2,(H,24,27)/b23-15+. The summed E-state index contributed by atoms with van der Waals surface area (Å²) < 4.78 is 0. The Bertz CT molecular complexity index is 936. The summed E-state index contributed by atoms with van der Waals surface area (Å²) in [4.78, 5) is 25.9. The topological polar surface area (TPSA) is 73.7 Å². The number of carbonyl (C=O) groups is 1. The van der Waals surface area contributed by atoms with Gasteiger partial charge in [-0.3, -0.25) is 9.78 Å².